The molecule has 0 spiro atoms. The second-order valence-corrected chi connectivity index (χ2v) is 9.34. The highest BCUT2D eigenvalue weighted by molar-refractivity contribution is 6.41. The molecule has 136 valence electrons. The highest BCUT2D eigenvalue weighted by atomic mass is 16.4. The number of primary amides is 1. The number of nitrogens with two attached hydrogens (primary N) is 1. The molecule has 0 aromatic heterocycles. The van der Waals surface area contributed by atoms with Crippen molar-refractivity contribution in [3.8, 4) is 0 Å². The van der Waals surface area contributed by atoms with Crippen molar-refractivity contribution >= 4 is 17.5 Å². The molecule has 4 N–H and O–H groups in total. The second kappa shape index (κ2) is 4.75. The van der Waals surface area contributed by atoms with E-state index in [-0.39, 0.29) is 17.7 Å². The van der Waals surface area contributed by atoms with E-state index in [1.807, 2.05) is 0 Å². The summed E-state index contributed by atoms with van der Waals surface area (Å²) in [5.74, 6) is 0.288. The fourth-order valence-corrected chi connectivity index (χ4v) is 6.99. The molecular weight excluding hydrogens is 322 g/mol. The van der Waals surface area contributed by atoms with Gasteiger partial charge in [0.15, 0.2) is 5.71 Å². The molecule has 5 aliphatic carbocycles. The maximum absolute atomic E-state index is 13.3. The van der Waals surface area contributed by atoms with Gasteiger partial charge in [-0.15, -0.1) is 0 Å². The number of carbonyl (C=O) groups is 2. The van der Waals surface area contributed by atoms with Crippen LogP contribution in [0.2, 0.25) is 0 Å². The number of fused-ring (bicyclic) bond motifs is 1. The van der Waals surface area contributed by atoms with E-state index >= 15 is 0 Å². The van der Waals surface area contributed by atoms with Gasteiger partial charge < -0.3 is 20.9 Å². The minimum atomic E-state index is -0.740. The van der Waals surface area contributed by atoms with Crippen LogP contribution in [0.25, 0.3) is 0 Å². The molecule has 6 fully saturated rings. The Balaban J connectivity index is 1.48. The number of hydrogen-bond donors (Lipinski definition) is 3. The lowest BCUT2D eigenvalue weighted by atomic mass is 9.46. The summed E-state index contributed by atoms with van der Waals surface area (Å²) in [6.07, 6.45) is 6.26. The van der Waals surface area contributed by atoms with Crippen molar-refractivity contribution in [2.45, 2.75) is 69.1 Å². The maximum Gasteiger partial charge on any atom is 0.273 e. The molecule has 1 heterocycles. The molecule has 25 heavy (non-hydrogen) atoms. The Hall–Kier alpha value is -1.63. The lowest BCUT2D eigenvalue weighted by Gasteiger charge is -2.60. The van der Waals surface area contributed by atoms with Gasteiger partial charge in [0.1, 0.15) is 6.04 Å². The van der Waals surface area contributed by atoms with Crippen molar-refractivity contribution in [2.24, 2.45) is 34.1 Å². The lowest BCUT2D eigenvalue weighted by molar-refractivity contribution is -0.147. The topological polar surface area (TPSA) is 116 Å². The Kier molecular flexibility index (Phi) is 2.97. The molecule has 4 bridgehead atoms. The van der Waals surface area contributed by atoms with Crippen LogP contribution in [0, 0.1) is 23.2 Å². The summed E-state index contributed by atoms with van der Waals surface area (Å²) in [6.45, 7) is 0. The number of nitrogens with zero attached hydrogens (tertiary/aromatic N) is 2. The molecule has 0 aromatic rings. The molecule has 1 saturated heterocycles. The van der Waals surface area contributed by atoms with E-state index in [4.69, 9.17) is 5.73 Å². The predicted octanol–water partition coefficient (Wildman–Crippen LogP) is 0.623. The van der Waals surface area contributed by atoms with Gasteiger partial charge in [-0.25, -0.2) is 0 Å². The van der Waals surface area contributed by atoms with Gasteiger partial charge in [0, 0.05) is 11.5 Å². The predicted molar refractivity (Wildman–Crippen MR) is 87.6 cm³/mol. The van der Waals surface area contributed by atoms with Gasteiger partial charge in [0.2, 0.25) is 5.91 Å². The van der Waals surface area contributed by atoms with Crippen LogP contribution in [0.4, 0.5) is 0 Å². The van der Waals surface area contributed by atoms with Gasteiger partial charge in [-0.05, 0) is 69.1 Å². The van der Waals surface area contributed by atoms with E-state index in [1.54, 1.807) is 4.90 Å². The summed E-state index contributed by atoms with van der Waals surface area (Å²) < 4.78 is 0. The molecule has 5 atom stereocenters. The minimum absolute atomic E-state index is 0.0544. The smallest absolute Gasteiger partial charge is 0.273 e. The Bertz CT molecular complexity index is 676. The van der Waals surface area contributed by atoms with E-state index in [0.717, 1.165) is 38.5 Å². The molecule has 0 aromatic carbocycles. The molecule has 6 aliphatic rings. The number of oxime groups is 1. The number of piperidine rings is 1. The minimum Gasteiger partial charge on any atom is -0.410 e. The van der Waals surface area contributed by atoms with Crippen molar-refractivity contribution in [1.29, 1.82) is 0 Å². The monoisotopic (exact) mass is 347 g/mol. The van der Waals surface area contributed by atoms with Crippen LogP contribution in [-0.4, -0.2) is 50.4 Å². The first-order chi connectivity index (χ1) is 11.8. The Labute approximate surface area is 146 Å². The second-order valence-electron chi connectivity index (χ2n) is 9.34. The van der Waals surface area contributed by atoms with E-state index in [1.165, 1.54) is 0 Å². The van der Waals surface area contributed by atoms with Gasteiger partial charge >= 0.3 is 0 Å². The van der Waals surface area contributed by atoms with Crippen LogP contribution < -0.4 is 5.73 Å². The first-order valence-electron chi connectivity index (χ1n) is 9.41. The van der Waals surface area contributed by atoms with E-state index in [9.17, 15) is 19.9 Å². The van der Waals surface area contributed by atoms with Gasteiger partial charge in [0.05, 0.1) is 5.60 Å². The van der Waals surface area contributed by atoms with Gasteiger partial charge in [-0.2, -0.15) is 0 Å². The lowest BCUT2D eigenvalue weighted by Crippen LogP contribution is -2.61. The standard InChI is InChI=1S/C18H25N3O4/c19-15(22)13-3-11-2-12(11)21(13)16(23)14(20-25)17-4-9-1-10(5-17)7-18(24,6-9)8-17/h9-13,24-25H,1-8H2,(H2,19,22)/b20-14-. The highest BCUT2D eigenvalue weighted by Gasteiger charge is 2.63. The summed E-state index contributed by atoms with van der Waals surface area (Å²) in [6, 6.07) is -0.538. The zero-order valence-electron chi connectivity index (χ0n) is 14.2. The number of carbonyl (C=O) groups excluding carboxylic acids is 2. The number of amides is 2. The van der Waals surface area contributed by atoms with Crippen molar-refractivity contribution in [3.05, 3.63) is 0 Å². The molecular formula is C18H25N3O4. The van der Waals surface area contributed by atoms with E-state index < -0.39 is 23.0 Å². The van der Waals surface area contributed by atoms with Crippen LogP contribution in [0.5, 0.6) is 0 Å². The van der Waals surface area contributed by atoms with E-state index in [2.05, 4.69) is 5.16 Å². The fraction of sp³-hybridized carbons (Fsp3) is 0.833. The Morgan fingerprint density at radius 2 is 1.76 bits per heavy atom. The van der Waals surface area contributed by atoms with Crippen LogP contribution in [0.15, 0.2) is 5.16 Å². The van der Waals surface area contributed by atoms with Crippen LogP contribution in [0.3, 0.4) is 0 Å². The molecule has 5 unspecified atom stereocenters. The molecule has 0 radical (unpaired) electrons. The van der Waals surface area contributed by atoms with Crippen LogP contribution in [0.1, 0.15) is 51.4 Å². The summed E-state index contributed by atoms with van der Waals surface area (Å²) >= 11 is 0. The Morgan fingerprint density at radius 3 is 2.32 bits per heavy atom. The molecule has 5 saturated carbocycles. The highest BCUT2D eigenvalue weighted by Crippen LogP contribution is 2.62. The van der Waals surface area contributed by atoms with Crippen molar-refractivity contribution in [1.82, 2.24) is 4.90 Å². The zero-order chi connectivity index (χ0) is 17.6. The molecule has 7 heteroatoms. The summed E-state index contributed by atoms with van der Waals surface area (Å²) in [7, 11) is 0. The number of hydrogen-bond acceptors (Lipinski definition) is 5. The quantitative estimate of drug-likeness (QED) is 0.394. The van der Waals surface area contributed by atoms with E-state index in [0.29, 0.717) is 30.6 Å². The van der Waals surface area contributed by atoms with Gasteiger partial charge in [0.25, 0.3) is 5.91 Å². The average Bonchev–Trinajstić information content (AvgIpc) is 3.15. The largest absolute Gasteiger partial charge is 0.410 e. The SMILES string of the molecule is NC(=O)C1CC2CC2N1C(=O)/C(=N/O)C12CC3CC(CC(O)(C3)C1)C2. The third-order valence-corrected chi connectivity index (χ3v) is 7.50. The number of aliphatic hydroxyl groups is 1. The van der Waals surface area contributed by atoms with Crippen LogP contribution >= 0.6 is 0 Å². The molecule has 7 nitrogen and oxygen atoms in total. The molecule has 1 aliphatic heterocycles. The van der Waals surface area contributed by atoms with Crippen molar-refractivity contribution in [2.75, 3.05) is 0 Å². The Morgan fingerprint density at radius 1 is 1.08 bits per heavy atom. The normalized spacial score (nSPS) is 50.0. The van der Waals surface area contributed by atoms with Gasteiger partial charge in [-0.1, -0.05) is 5.16 Å². The fourth-order valence-electron chi connectivity index (χ4n) is 6.99. The summed E-state index contributed by atoms with van der Waals surface area (Å²) in [5.41, 5.74) is 4.36. The van der Waals surface area contributed by atoms with Gasteiger partial charge in [-0.3, -0.25) is 9.59 Å². The number of rotatable bonds is 3. The number of likely N-dealkylation sites (tertiary alicyclic amines) is 1. The summed E-state index contributed by atoms with van der Waals surface area (Å²) in [4.78, 5) is 26.6. The maximum atomic E-state index is 13.3. The molecule has 6 rings (SSSR count). The third-order valence-electron chi connectivity index (χ3n) is 7.50. The third kappa shape index (κ3) is 2.11. The average molecular weight is 347 g/mol. The first-order valence-corrected chi connectivity index (χ1v) is 9.41. The van der Waals surface area contributed by atoms with Crippen LogP contribution in [-0.2, 0) is 9.59 Å². The van der Waals surface area contributed by atoms with Crippen molar-refractivity contribution < 1.29 is 19.9 Å². The zero-order valence-corrected chi connectivity index (χ0v) is 14.2. The first kappa shape index (κ1) is 15.6. The molecule has 2 amide bonds. The summed E-state index contributed by atoms with van der Waals surface area (Å²) in [5, 5.41) is 24.2. The van der Waals surface area contributed by atoms with Crippen molar-refractivity contribution in [3.63, 3.8) is 0 Å².